The molecule has 0 aliphatic rings. The molecule has 0 aliphatic heterocycles. The van der Waals surface area contributed by atoms with Gasteiger partial charge in [0.2, 0.25) is 18.2 Å². The van der Waals surface area contributed by atoms with Crippen LogP contribution >= 0.6 is 0 Å². The fourth-order valence-electron chi connectivity index (χ4n) is 2.08. The Morgan fingerprint density at radius 3 is 2.70 bits per heavy atom. The van der Waals surface area contributed by atoms with E-state index in [9.17, 15) is 4.79 Å². The molecule has 0 bridgehead atoms. The predicted octanol–water partition coefficient (Wildman–Crippen LogP) is 1.64. The van der Waals surface area contributed by atoms with Gasteiger partial charge < -0.3 is 15.8 Å². The van der Waals surface area contributed by atoms with E-state index in [0.29, 0.717) is 41.4 Å². The van der Waals surface area contributed by atoms with Crippen LogP contribution in [0.15, 0.2) is 30.5 Å². The van der Waals surface area contributed by atoms with Crippen LogP contribution in [0.1, 0.15) is 6.92 Å². The van der Waals surface area contributed by atoms with E-state index in [2.05, 4.69) is 25.3 Å². The van der Waals surface area contributed by atoms with Crippen LogP contribution in [-0.4, -0.2) is 33.0 Å². The normalized spacial score (nSPS) is 10.5. The second kappa shape index (κ2) is 6.22. The van der Waals surface area contributed by atoms with Crippen LogP contribution in [0.2, 0.25) is 0 Å². The second-order valence-corrected chi connectivity index (χ2v) is 4.59. The van der Waals surface area contributed by atoms with Gasteiger partial charge in [-0.2, -0.15) is 9.97 Å². The van der Waals surface area contributed by atoms with Gasteiger partial charge in [0, 0.05) is 11.3 Å². The van der Waals surface area contributed by atoms with Gasteiger partial charge in [-0.25, -0.2) is 9.97 Å². The van der Waals surface area contributed by atoms with Crippen molar-refractivity contribution in [1.29, 1.82) is 0 Å². The largest absolute Gasteiger partial charge is 0.476 e. The summed E-state index contributed by atoms with van der Waals surface area (Å²) < 4.78 is 5.46. The molecule has 0 saturated heterocycles. The first-order chi connectivity index (χ1) is 11.2. The van der Waals surface area contributed by atoms with Crippen molar-refractivity contribution in [3.63, 3.8) is 0 Å². The molecule has 0 atom stereocenters. The first kappa shape index (κ1) is 14.6. The molecule has 0 fully saturated rings. The molecular weight excluding hydrogens is 296 g/mol. The van der Waals surface area contributed by atoms with Gasteiger partial charge in [0.25, 0.3) is 0 Å². The Balaban J connectivity index is 2.06. The topological polar surface area (TPSA) is 116 Å². The van der Waals surface area contributed by atoms with Crippen molar-refractivity contribution in [2.24, 2.45) is 0 Å². The first-order valence-corrected chi connectivity index (χ1v) is 6.95. The summed E-state index contributed by atoms with van der Waals surface area (Å²) in [7, 11) is 0. The average Bonchev–Trinajstić information content (AvgIpc) is 2.56. The van der Waals surface area contributed by atoms with E-state index in [1.807, 2.05) is 19.1 Å². The van der Waals surface area contributed by atoms with Gasteiger partial charge in [0.1, 0.15) is 0 Å². The van der Waals surface area contributed by atoms with E-state index in [4.69, 9.17) is 10.5 Å². The lowest BCUT2D eigenvalue weighted by atomic mass is 10.1. The molecule has 8 heteroatoms. The molecule has 1 aromatic carbocycles. The molecule has 3 aromatic rings. The highest BCUT2D eigenvalue weighted by atomic mass is 16.5. The molecule has 3 N–H and O–H groups in total. The summed E-state index contributed by atoms with van der Waals surface area (Å²) in [5.41, 5.74) is 8.66. The summed E-state index contributed by atoms with van der Waals surface area (Å²) in [6.45, 7) is 2.28. The number of anilines is 2. The molecule has 116 valence electrons. The summed E-state index contributed by atoms with van der Waals surface area (Å²) >= 11 is 0. The molecule has 2 heterocycles. The maximum Gasteiger partial charge on any atom is 0.247 e. The van der Waals surface area contributed by atoms with E-state index in [1.165, 1.54) is 0 Å². The zero-order chi connectivity index (χ0) is 16.2. The number of amides is 1. The number of ether oxygens (including phenoxy) is 1. The molecule has 8 nitrogen and oxygen atoms in total. The Bertz CT molecular complexity index is 850. The van der Waals surface area contributed by atoms with Crippen molar-refractivity contribution < 1.29 is 9.53 Å². The summed E-state index contributed by atoms with van der Waals surface area (Å²) in [4.78, 5) is 27.3. The van der Waals surface area contributed by atoms with Crippen LogP contribution < -0.4 is 15.8 Å². The number of aromatic nitrogens is 4. The number of nitrogens with zero attached hydrogens (tertiary/aromatic N) is 4. The number of carbonyl (C=O) groups excluding carboxylic acids is 1. The Kier molecular flexibility index (Phi) is 3.96. The third kappa shape index (κ3) is 3.00. The number of fused-ring (bicyclic) bond motifs is 1. The van der Waals surface area contributed by atoms with Gasteiger partial charge >= 0.3 is 0 Å². The van der Waals surface area contributed by atoms with E-state index >= 15 is 0 Å². The minimum Gasteiger partial charge on any atom is -0.476 e. The van der Waals surface area contributed by atoms with Gasteiger partial charge in [-0.05, 0) is 19.1 Å². The number of nitrogens with two attached hydrogens (primary N) is 1. The SMILES string of the molecule is CCOc1nc(N)nc2ncc(-c3ccc(NC=O)cc3)nc12. The molecule has 0 radical (unpaired) electrons. The lowest BCUT2D eigenvalue weighted by molar-refractivity contribution is -0.105. The summed E-state index contributed by atoms with van der Waals surface area (Å²) in [6, 6.07) is 7.22. The third-order valence-electron chi connectivity index (χ3n) is 3.08. The van der Waals surface area contributed by atoms with Crippen molar-refractivity contribution in [3.8, 4) is 17.1 Å². The number of nitrogens with one attached hydrogen (secondary N) is 1. The zero-order valence-electron chi connectivity index (χ0n) is 12.4. The van der Waals surface area contributed by atoms with E-state index in [0.717, 1.165) is 5.56 Å². The second-order valence-electron chi connectivity index (χ2n) is 4.59. The molecule has 0 aliphatic carbocycles. The molecule has 0 spiro atoms. The maximum absolute atomic E-state index is 10.4. The molecule has 3 rings (SSSR count). The monoisotopic (exact) mass is 310 g/mol. The van der Waals surface area contributed by atoms with Crippen LogP contribution in [0.25, 0.3) is 22.4 Å². The molecule has 0 saturated carbocycles. The van der Waals surface area contributed by atoms with Crippen LogP contribution in [0, 0.1) is 0 Å². The minimum atomic E-state index is 0.0901. The van der Waals surface area contributed by atoms with Gasteiger partial charge in [-0.3, -0.25) is 4.79 Å². The van der Waals surface area contributed by atoms with E-state index < -0.39 is 0 Å². The van der Waals surface area contributed by atoms with Crippen molar-refractivity contribution >= 4 is 29.2 Å². The summed E-state index contributed by atoms with van der Waals surface area (Å²) in [5.74, 6) is 0.399. The standard InChI is InChI=1S/C15H14N6O2/c1-2-23-14-12-13(20-15(16)21-14)17-7-11(19-12)9-3-5-10(6-4-9)18-8-22/h3-8H,2H2,1H3,(H,18,22)(H2,16,17,20,21). The quantitative estimate of drug-likeness (QED) is 0.688. The predicted molar refractivity (Wildman–Crippen MR) is 85.8 cm³/mol. The number of carbonyl (C=O) groups is 1. The molecule has 23 heavy (non-hydrogen) atoms. The first-order valence-electron chi connectivity index (χ1n) is 6.95. The van der Waals surface area contributed by atoms with Crippen molar-refractivity contribution in [2.45, 2.75) is 6.92 Å². The molecule has 1 amide bonds. The minimum absolute atomic E-state index is 0.0901. The van der Waals surface area contributed by atoms with Crippen LogP contribution in [0.4, 0.5) is 11.6 Å². The maximum atomic E-state index is 10.4. The fraction of sp³-hybridized carbons (Fsp3) is 0.133. The Morgan fingerprint density at radius 1 is 1.22 bits per heavy atom. The smallest absolute Gasteiger partial charge is 0.247 e. The zero-order valence-corrected chi connectivity index (χ0v) is 12.4. The van der Waals surface area contributed by atoms with Crippen LogP contribution in [0.3, 0.4) is 0 Å². The lowest BCUT2D eigenvalue weighted by Crippen LogP contribution is -2.04. The van der Waals surface area contributed by atoms with Gasteiger partial charge in [0.05, 0.1) is 18.5 Å². The lowest BCUT2D eigenvalue weighted by Gasteiger charge is -2.08. The number of hydrogen-bond donors (Lipinski definition) is 2. The average molecular weight is 310 g/mol. The number of hydrogen-bond acceptors (Lipinski definition) is 7. The van der Waals surface area contributed by atoms with Gasteiger partial charge in [0.15, 0.2) is 11.2 Å². The Labute approximate surface area is 131 Å². The molecular formula is C15H14N6O2. The van der Waals surface area contributed by atoms with Crippen LogP contribution in [0.5, 0.6) is 5.88 Å². The highest BCUT2D eigenvalue weighted by molar-refractivity contribution is 5.80. The number of benzene rings is 1. The van der Waals surface area contributed by atoms with E-state index in [-0.39, 0.29) is 5.95 Å². The summed E-state index contributed by atoms with van der Waals surface area (Å²) in [5, 5.41) is 2.58. The fourth-order valence-corrected chi connectivity index (χ4v) is 2.08. The van der Waals surface area contributed by atoms with Crippen molar-refractivity contribution in [3.05, 3.63) is 30.5 Å². The summed E-state index contributed by atoms with van der Waals surface area (Å²) in [6.07, 6.45) is 2.23. The number of nitrogen functional groups attached to an aromatic ring is 1. The van der Waals surface area contributed by atoms with Gasteiger partial charge in [-0.15, -0.1) is 0 Å². The molecule has 0 unspecified atom stereocenters. The van der Waals surface area contributed by atoms with Gasteiger partial charge in [-0.1, -0.05) is 12.1 Å². The van der Waals surface area contributed by atoms with E-state index in [1.54, 1.807) is 18.3 Å². The highest BCUT2D eigenvalue weighted by Gasteiger charge is 2.12. The van der Waals surface area contributed by atoms with Crippen molar-refractivity contribution in [1.82, 2.24) is 19.9 Å². The Hall–Kier alpha value is -3.29. The number of rotatable bonds is 5. The van der Waals surface area contributed by atoms with Crippen molar-refractivity contribution in [2.75, 3.05) is 17.7 Å². The molecule has 2 aromatic heterocycles. The highest BCUT2D eigenvalue weighted by Crippen LogP contribution is 2.25. The third-order valence-corrected chi connectivity index (χ3v) is 3.08. The Morgan fingerprint density at radius 2 is 2.00 bits per heavy atom. The van der Waals surface area contributed by atoms with Crippen LogP contribution in [-0.2, 0) is 4.79 Å².